The average molecular weight is 279 g/mol. The van der Waals surface area contributed by atoms with Gasteiger partial charge in [0, 0.05) is 13.2 Å². The van der Waals surface area contributed by atoms with Gasteiger partial charge in [-0.05, 0) is 24.3 Å². The number of nitrogens with one attached hydrogen (secondary N) is 1. The van der Waals surface area contributed by atoms with Crippen LogP contribution in [-0.4, -0.2) is 18.9 Å². The van der Waals surface area contributed by atoms with Crippen LogP contribution in [0.3, 0.4) is 0 Å². The summed E-state index contributed by atoms with van der Waals surface area (Å²) >= 11 is 0. The monoisotopic (exact) mass is 279 g/mol. The summed E-state index contributed by atoms with van der Waals surface area (Å²) in [6.45, 7) is 0. The van der Waals surface area contributed by atoms with Crippen molar-refractivity contribution in [1.82, 2.24) is 4.57 Å². The van der Waals surface area contributed by atoms with E-state index in [4.69, 9.17) is 5.14 Å². The van der Waals surface area contributed by atoms with E-state index in [0.717, 1.165) is 0 Å². The SMILES string of the molecule is Cn1cccc1C(=O)Nc1ccccc1S(N)(=O)=O. The second-order valence-electron chi connectivity index (χ2n) is 4.00. The maximum absolute atomic E-state index is 12.0. The maximum atomic E-state index is 12.0. The second-order valence-corrected chi connectivity index (χ2v) is 5.53. The van der Waals surface area contributed by atoms with Crippen LogP contribution in [0, 0.1) is 0 Å². The zero-order valence-corrected chi connectivity index (χ0v) is 11.0. The Morgan fingerprint density at radius 2 is 1.89 bits per heavy atom. The third-order valence-electron chi connectivity index (χ3n) is 2.62. The van der Waals surface area contributed by atoms with Crippen molar-refractivity contribution in [2.75, 3.05) is 5.32 Å². The van der Waals surface area contributed by atoms with Crippen LogP contribution in [0.15, 0.2) is 47.5 Å². The van der Waals surface area contributed by atoms with Crippen molar-refractivity contribution in [1.29, 1.82) is 0 Å². The molecule has 3 N–H and O–H groups in total. The predicted octanol–water partition coefficient (Wildman–Crippen LogP) is 0.925. The minimum absolute atomic E-state index is 0.113. The van der Waals surface area contributed by atoms with Crippen LogP contribution in [-0.2, 0) is 17.1 Å². The Morgan fingerprint density at radius 1 is 1.21 bits per heavy atom. The van der Waals surface area contributed by atoms with E-state index in [1.165, 1.54) is 18.2 Å². The third-order valence-corrected chi connectivity index (χ3v) is 3.59. The summed E-state index contributed by atoms with van der Waals surface area (Å²) in [6.07, 6.45) is 1.72. The smallest absolute Gasteiger partial charge is 0.272 e. The Kier molecular flexibility index (Phi) is 3.41. The molecular weight excluding hydrogens is 266 g/mol. The minimum Gasteiger partial charge on any atom is -0.347 e. The molecule has 0 atom stereocenters. The lowest BCUT2D eigenvalue weighted by Gasteiger charge is -2.09. The summed E-state index contributed by atoms with van der Waals surface area (Å²) < 4.78 is 24.5. The van der Waals surface area contributed by atoms with E-state index < -0.39 is 15.9 Å². The van der Waals surface area contributed by atoms with Crippen molar-refractivity contribution >= 4 is 21.6 Å². The predicted molar refractivity (Wildman–Crippen MR) is 71.2 cm³/mol. The van der Waals surface area contributed by atoms with E-state index in [9.17, 15) is 13.2 Å². The molecule has 1 aromatic heterocycles. The van der Waals surface area contributed by atoms with Gasteiger partial charge in [0.2, 0.25) is 10.0 Å². The minimum atomic E-state index is -3.88. The van der Waals surface area contributed by atoms with E-state index in [1.807, 2.05) is 0 Å². The summed E-state index contributed by atoms with van der Waals surface area (Å²) in [6, 6.07) is 9.35. The van der Waals surface area contributed by atoms with Gasteiger partial charge in [0.15, 0.2) is 0 Å². The number of para-hydroxylation sites is 1. The Hall–Kier alpha value is -2.12. The first-order chi connectivity index (χ1) is 8.89. The first-order valence-corrected chi connectivity index (χ1v) is 6.99. The van der Waals surface area contributed by atoms with Crippen LogP contribution in [0.25, 0.3) is 0 Å². The molecule has 1 amide bonds. The van der Waals surface area contributed by atoms with Gasteiger partial charge in [-0.2, -0.15) is 0 Å². The number of carbonyl (C=O) groups is 1. The number of sulfonamides is 1. The second kappa shape index (κ2) is 4.87. The number of benzene rings is 1. The summed E-state index contributed by atoms with van der Waals surface area (Å²) in [5.41, 5.74) is 0.584. The molecule has 19 heavy (non-hydrogen) atoms. The van der Waals surface area contributed by atoms with Gasteiger partial charge in [-0.3, -0.25) is 4.79 Å². The highest BCUT2D eigenvalue weighted by molar-refractivity contribution is 7.89. The molecule has 0 aliphatic heterocycles. The quantitative estimate of drug-likeness (QED) is 0.874. The van der Waals surface area contributed by atoms with Crippen molar-refractivity contribution in [3.8, 4) is 0 Å². The Balaban J connectivity index is 2.35. The van der Waals surface area contributed by atoms with Crippen LogP contribution in [0.5, 0.6) is 0 Å². The van der Waals surface area contributed by atoms with Gasteiger partial charge in [0.05, 0.1) is 5.69 Å². The highest BCUT2D eigenvalue weighted by Gasteiger charge is 2.16. The summed E-state index contributed by atoms with van der Waals surface area (Å²) in [4.78, 5) is 11.9. The van der Waals surface area contributed by atoms with Crippen molar-refractivity contribution in [3.05, 3.63) is 48.3 Å². The number of nitrogens with zero attached hydrogens (tertiary/aromatic N) is 1. The van der Waals surface area contributed by atoms with E-state index in [-0.39, 0.29) is 10.6 Å². The fourth-order valence-corrected chi connectivity index (χ4v) is 2.40. The summed E-state index contributed by atoms with van der Waals surface area (Å²) in [5, 5.41) is 7.64. The Labute approximate surface area is 110 Å². The van der Waals surface area contributed by atoms with Gasteiger partial charge < -0.3 is 9.88 Å². The molecule has 0 spiro atoms. The topological polar surface area (TPSA) is 94.2 Å². The zero-order valence-electron chi connectivity index (χ0n) is 10.2. The van der Waals surface area contributed by atoms with Gasteiger partial charge >= 0.3 is 0 Å². The fourth-order valence-electron chi connectivity index (χ4n) is 1.70. The van der Waals surface area contributed by atoms with E-state index in [2.05, 4.69) is 5.32 Å². The maximum Gasteiger partial charge on any atom is 0.272 e. The van der Waals surface area contributed by atoms with Gasteiger partial charge in [0.25, 0.3) is 5.91 Å². The van der Waals surface area contributed by atoms with Crippen molar-refractivity contribution in [2.45, 2.75) is 4.90 Å². The van der Waals surface area contributed by atoms with Crippen LogP contribution in [0.4, 0.5) is 5.69 Å². The zero-order chi connectivity index (χ0) is 14.0. The lowest BCUT2D eigenvalue weighted by atomic mass is 10.3. The third kappa shape index (κ3) is 2.83. The number of aryl methyl sites for hydroxylation is 1. The molecule has 0 bridgehead atoms. The molecule has 0 saturated carbocycles. The van der Waals surface area contributed by atoms with E-state index in [1.54, 1.807) is 36.0 Å². The molecule has 0 aliphatic rings. The average Bonchev–Trinajstić information content (AvgIpc) is 2.75. The highest BCUT2D eigenvalue weighted by atomic mass is 32.2. The van der Waals surface area contributed by atoms with Crippen LogP contribution in [0.2, 0.25) is 0 Å². The number of primary sulfonamides is 1. The Bertz CT molecular complexity index is 719. The van der Waals surface area contributed by atoms with Crippen molar-refractivity contribution in [3.63, 3.8) is 0 Å². The molecule has 1 aromatic carbocycles. The number of rotatable bonds is 3. The largest absolute Gasteiger partial charge is 0.347 e. The molecule has 0 fully saturated rings. The van der Waals surface area contributed by atoms with Gasteiger partial charge in [0.1, 0.15) is 10.6 Å². The van der Waals surface area contributed by atoms with Crippen LogP contribution >= 0.6 is 0 Å². The molecule has 100 valence electrons. The molecule has 1 heterocycles. The van der Waals surface area contributed by atoms with Gasteiger partial charge in [-0.25, -0.2) is 13.6 Å². The van der Waals surface area contributed by atoms with Crippen LogP contribution in [0.1, 0.15) is 10.5 Å². The molecule has 0 unspecified atom stereocenters. The first-order valence-electron chi connectivity index (χ1n) is 5.44. The number of amides is 1. The standard InChI is InChI=1S/C12H13N3O3S/c1-15-8-4-6-10(15)12(16)14-9-5-2-3-7-11(9)19(13,17)18/h2-8H,1H3,(H,14,16)(H2,13,17,18). The van der Waals surface area contributed by atoms with Crippen molar-refractivity contribution in [2.24, 2.45) is 12.2 Å². The molecule has 2 rings (SSSR count). The molecule has 2 aromatic rings. The number of anilines is 1. The first kappa shape index (κ1) is 13.3. The van der Waals surface area contributed by atoms with Gasteiger partial charge in [-0.15, -0.1) is 0 Å². The van der Waals surface area contributed by atoms with Crippen LogP contribution < -0.4 is 10.5 Å². The number of aromatic nitrogens is 1. The Morgan fingerprint density at radius 3 is 2.47 bits per heavy atom. The molecular formula is C12H13N3O3S. The molecule has 0 saturated heterocycles. The van der Waals surface area contributed by atoms with E-state index in [0.29, 0.717) is 5.69 Å². The highest BCUT2D eigenvalue weighted by Crippen LogP contribution is 2.20. The summed E-state index contributed by atoms with van der Waals surface area (Å²) in [5.74, 6) is -0.399. The van der Waals surface area contributed by atoms with Crippen molar-refractivity contribution < 1.29 is 13.2 Å². The van der Waals surface area contributed by atoms with E-state index >= 15 is 0 Å². The molecule has 6 nitrogen and oxygen atoms in total. The molecule has 0 radical (unpaired) electrons. The molecule has 7 heteroatoms. The number of carbonyl (C=O) groups excluding carboxylic acids is 1. The van der Waals surface area contributed by atoms with Gasteiger partial charge in [-0.1, -0.05) is 12.1 Å². The lowest BCUT2D eigenvalue weighted by molar-refractivity contribution is 0.101. The number of hydrogen-bond donors (Lipinski definition) is 2. The molecule has 0 aliphatic carbocycles. The number of hydrogen-bond acceptors (Lipinski definition) is 3. The fraction of sp³-hybridized carbons (Fsp3) is 0.0833. The normalized spacial score (nSPS) is 11.3. The number of nitrogens with two attached hydrogens (primary N) is 1. The lowest BCUT2D eigenvalue weighted by Crippen LogP contribution is -2.19. The summed E-state index contributed by atoms with van der Waals surface area (Å²) in [7, 11) is -2.16.